The van der Waals surface area contributed by atoms with Gasteiger partial charge in [-0.15, -0.1) is 0 Å². The zero-order valence-electron chi connectivity index (χ0n) is 9.15. The number of oxime groups is 1. The molecule has 0 heterocycles. The van der Waals surface area contributed by atoms with Crippen LogP contribution in [-0.2, 0) is 19.7 Å². The average Bonchev–Trinajstić information content (AvgIpc) is 2.39. The van der Waals surface area contributed by atoms with Crippen molar-refractivity contribution >= 4 is 27.6 Å². The maximum absolute atomic E-state index is 11.9. The normalized spacial score (nSPS) is 11.1. The molecule has 0 bridgehead atoms. The van der Waals surface area contributed by atoms with E-state index in [9.17, 15) is 9.18 Å². The lowest BCUT2D eigenvalue weighted by molar-refractivity contribution is -0.132. The van der Waals surface area contributed by atoms with Crippen LogP contribution in [0.25, 0.3) is 0 Å². The minimum absolute atomic E-state index is 0.0554. The summed E-state index contributed by atoms with van der Waals surface area (Å²) in [5, 5.41) is 3.97. The van der Waals surface area contributed by atoms with Crippen LogP contribution in [-0.4, -0.2) is 25.7 Å². The largest absolute Gasteiger partial charge is 0.464 e. The van der Waals surface area contributed by atoms with Crippen LogP contribution in [0.5, 0.6) is 0 Å². The van der Waals surface area contributed by atoms with Crippen molar-refractivity contribution in [1.29, 1.82) is 0 Å². The Balaban J connectivity index is 3.17. The van der Waals surface area contributed by atoms with Crippen LogP contribution in [0.15, 0.2) is 29.4 Å². The van der Waals surface area contributed by atoms with E-state index >= 15 is 0 Å². The van der Waals surface area contributed by atoms with Crippen LogP contribution in [0.2, 0.25) is 0 Å². The lowest BCUT2D eigenvalue weighted by Gasteiger charge is -2.07. The lowest BCUT2D eigenvalue weighted by Crippen LogP contribution is -2.19. The van der Waals surface area contributed by atoms with Gasteiger partial charge in [0.15, 0.2) is 5.71 Å². The number of esters is 1. The standard InChI is InChI=1S/C11H11BrFNO3/c1-16-11(15)10(14-17-7-13)9-5-3-2-4-8(9)6-12/h2-5H,6-7H2,1H3. The van der Waals surface area contributed by atoms with Crippen molar-refractivity contribution in [1.82, 2.24) is 0 Å². The average molecular weight is 304 g/mol. The molecule has 4 nitrogen and oxygen atoms in total. The number of nitrogens with zero attached hydrogens (tertiary/aromatic N) is 1. The predicted octanol–water partition coefficient (Wildman–Crippen LogP) is 2.40. The number of halogens is 2. The van der Waals surface area contributed by atoms with Gasteiger partial charge < -0.3 is 9.57 Å². The fourth-order valence-electron chi connectivity index (χ4n) is 1.25. The van der Waals surface area contributed by atoms with Crippen molar-refractivity contribution in [2.75, 3.05) is 14.0 Å². The van der Waals surface area contributed by atoms with E-state index in [2.05, 4.69) is 30.7 Å². The van der Waals surface area contributed by atoms with Crippen LogP contribution < -0.4 is 0 Å². The Bertz CT molecular complexity index is 423. The van der Waals surface area contributed by atoms with Gasteiger partial charge >= 0.3 is 5.97 Å². The summed E-state index contributed by atoms with van der Waals surface area (Å²) in [4.78, 5) is 15.8. The number of ether oxygens (including phenoxy) is 1. The van der Waals surface area contributed by atoms with Crippen LogP contribution in [0.4, 0.5) is 4.39 Å². The molecule has 1 rings (SSSR count). The van der Waals surface area contributed by atoms with E-state index < -0.39 is 12.8 Å². The molecule has 1 aromatic carbocycles. The second-order valence-corrected chi connectivity index (χ2v) is 3.52. The highest BCUT2D eigenvalue weighted by Gasteiger charge is 2.18. The number of hydrogen-bond donors (Lipinski definition) is 0. The third-order valence-corrected chi connectivity index (χ3v) is 2.60. The molecule has 0 spiro atoms. The van der Waals surface area contributed by atoms with E-state index in [4.69, 9.17) is 0 Å². The second kappa shape index (κ2) is 7.01. The molecule has 0 radical (unpaired) electrons. The van der Waals surface area contributed by atoms with Crippen LogP contribution in [0.1, 0.15) is 11.1 Å². The van der Waals surface area contributed by atoms with Crippen LogP contribution >= 0.6 is 15.9 Å². The number of rotatable bonds is 5. The molecule has 0 atom stereocenters. The van der Waals surface area contributed by atoms with E-state index in [1.54, 1.807) is 12.1 Å². The second-order valence-electron chi connectivity index (χ2n) is 2.96. The topological polar surface area (TPSA) is 47.9 Å². The van der Waals surface area contributed by atoms with Gasteiger partial charge in [0, 0.05) is 10.9 Å². The summed E-state index contributed by atoms with van der Waals surface area (Å²) in [6, 6.07) is 7.08. The van der Waals surface area contributed by atoms with E-state index in [0.717, 1.165) is 5.56 Å². The van der Waals surface area contributed by atoms with E-state index in [0.29, 0.717) is 10.9 Å². The van der Waals surface area contributed by atoms with Crippen molar-refractivity contribution in [3.05, 3.63) is 35.4 Å². The monoisotopic (exact) mass is 303 g/mol. The smallest absolute Gasteiger partial charge is 0.360 e. The first kappa shape index (κ1) is 13.6. The molecule has 1 aromatic rings. The Kier molecular flexibility index (Phi) is 5.62. The Morgan fingerprint density at radius 1 is 1.47 bits per heavy atom. The molecule has 0 aliphatic rings. The maximum Gasteiger partial charge on any atom is 0.360 e. The van der Waals surface area contributed by atoms with E-state index in [-0.39, 0.29) is 5.71 Å². The van der Waals surface area contributed by atoms with Crippen molar-refractivity contribution in [3.63, 3.8) is 0 Å². The van der Waals surface area contributed by atoms with Gasteiger partial charge in [-0.05, 0) is 5.56 Å². The molecule has 0 aliphatic carbocycles. The summed E-state index contributed by atoms with van der Waals surface area (Å²) in [5.41, 5.74) is 1.32. The molecule has 0 aromatic heterocycles. The minimum Gasteiger partial charge on any atom is -0.464 e. The Labute approximate surface area is 107 Å². The maximum atomic E-state index is 11.9. The Hall–Kier alpha value is -1.43. The van der Waals surface area contributed by atoms with Gasteiger partial charge in [-0.3, -0.25) is 0 Å². The highest BCUT2D eigenvalue weighted by Crippen LogP contribution is 2.14. The van der Waals surface area contributed by atoms with E-state index in [1.807, 2.05) is 12.1 Å². The lowest BCUT2D eigenvalue weighted by atomic mass is 10.0. The van der Waals surface area contributed by atoms with Crippen molar-refractivity contribution in [2.24, 2.45) is 5.16 Å². The molecule has 0 saturated carbocycles. The minimum atomic E-state index is -1.10. The van der Waals surface area contributed by atoms with Gasteiger partial charge in [0.25, 0.3) is 6.86 Å². The van der Waals surface area contributed by atoms with Gasteiger partial charge in [0.1, 0.15) is 0 Å². The van der Waals surface area contributed by atoms with Gasteiger partial charge in [-0.2, -0.15) is 0 Å². The summed E-state index contributed by atoms with van der Waals surface area (Å²) >= 11 is 3.29. The molecule has 6 heteroatoms. The van der Waals surface area contributed by atoms with Gasteiger partial charge in [0.2, 0.25) is 0 Å². The third kappa shape index (κ3) is 3.52. The molecule has 0 aliphatic heterocycles. The predicted molar refractivity (Wildman–Crippen MR) is 64.7 cm³/mol. The Morgan fingerprint density at radius 3 is 2.76 bits per heavy atom. The zero-order valence-corrected chi connectivity index (χ0v) is 10.7. The molecule has 17 heavy (non-hydrogen) atoms. The Morgan fingerprint density at radius 2 is 2.18 bits per heavy atom. The van der Waals surface area contributed by atoms with Crippen LogP contribution in [0, 0.1) is 0 Å². The quantitative estimate of drug-likeness (QED) is 0.363. The fourth-order valence-corrected chi connectivity index (χ4v) is 1.74. The van der Waals surface area contributed by atoms with Gasteiger partial charge in [-0.1, -0.05) is 45.4 Å². The fraction of sp³-hybridized carbons (Fsp3) is 0.273. The van der Waals surface area contributed by atoms with E-state index in [1.165, 1.54) is 7.11 Å². The van der Waals surface area contributed by atoms with Gasteiger partial charge in [-0.25, -0.2) is 9.18 Å². The number of methoxy groups -OCH3 is 1. The highest BCUT2D eigenvalue weighted by atomic mass is 79.9. The molecule has 0 amide bonds. The first-order valence-electron chi connectivity index (χ1n) is 4.73. The summed E-state index contributed by atoms with van der Waals surface area (Å²) in [6.45, 7) is -1.10. The molecule has 0 N–H and O–H groups in total. The summed E-state index contributed by atoms with van der Waals surface area (Å²) in [7, 11) is 1.23. The summed E-state index contributed by atoms with van der Waals surface area (Å²) < 4.78 is 16.5. The number of benzene rings is 1. The summed E-state index contributed by atoms with van der Waals surface area (Å²) in [5.74, 6) is -0.674. The van der Waals surface area contributed by atoms with Crippen LogP contribution in [0.3, 0.4) is 0 Å². The molecule has 92 valence electrons. The van der Waals surface area contributed by atoms with Crippen molar-refractivity contribution in [3.8, 4) is 0 Å². The number of alkyl halides is 2. The molecule has 0 unspecified atom stereocenters. The van der Waals surface area contributed by atoms with Gasteiger partial charge in [0.05, 0.1) is 7.11 Å². The SMILES string of the molecule is COC(=O)C(=NOCF)c1ccccc1CBr. The first-order valence-corrected chi connectivity index (χ1v) is 5.85. The number of hydrogen-bond acceptors (Lipinski definition) is 4. The molecular formula is C11H11BrFNO3. The third-order valence-electron chi connectivity index (χ3n) is 2.00. The molecular weight excluding hydrogens is 293 g/mol. The molecule has 0 saturated heterocycles. The zero-order chi connectivity index (χ0) is 12.7. The van der Waals surface area contributed by atoms with Crippen molar-refractivity contribution < 1.29 is 18.8 Å². The number of carbonyl (C=O) groups is 1. The van der Waals surface area contributed by atoms with Crippen molar-refractivity contribution in [2.45, 2.75) is 5.33 Å². The summed E-state index contributed by atoms with van der Waals surface area (Å²) in [6.07, 6.45) is 0. The highest BCUT2D eigenvalue weighted by molar-refractivity contribution is 9.08. The number of carbonyl (C=O) groups excluding carboxylic acids is 1. The first-order chi connectivity index (χ1) is 8.24. The molecule has 0 fully saturated rings.